The summed E-state index contributed by atoms with van der Waals surface area (Å²) in [6.45, 7) is 0.991. The van der Waals surface area contributed by atoms with Crippen LogP contribution in [0.1, 0.15) is 23.0 Å². The molecule has 0 saturated carbocycles. The Kier molecular flexibility index (Phi) is 4.54. The van der Waals surface area contributed by atoms with Crippen LogP contribution in [0.4, 0.5) is 26.3 Å². The molecule has 0 unspecified atom stereocenters. The molecular weight excluding hydrogens is 312 g/mol. The number of pyridine rings is 1. The van der Waals surface area contributed by atoms with Crippen molar-refractivity contribution >= 4 is 5.97 Å². The van der Waals surface area contributed by atoms with Crippen molar-refractivity contribution < 1.29 is 40.6 Å². The number of esters is 1. The first kappa shape index (κ1) is 16.9. The van der Waals surface area contributed by atoms with Gasteiger partial charge in [-0.1, -0.05) is 0 Å². The van der Waals surface area contributed by atoms with Crippen LogP contribution in [0, 0.1) is 0 Å². The lowest BCUT2D eigenvalue weighted by Crippen LogP contribution is -2.27. The number of carbonyl (C=O) groups is 1. The van der Waals surface area contributed by atoms with Gasteiger partial charge in [0.1, 0.15) is 5.69 Å². The fourth-order valence-corrected chi connectivity index (χ4v) is 1.28. The highest BCUT2D eigenvalue weighted by molar-refractivity contribution is 5.91. The summed E-state index contributed by atoms with van der Waals surface area (Å²) in [6.07, 6.45) is -10.5. The molecule has 1 rings (SSSR count). The second-order valence-corrected chi connectivity index (χ2v) is 3.52. The van der Waals surface area contributed by atoms with Gasteiger partial charge in [-0.2, -0.15) is 13.2 Å². The summed E-state index contributed by atoms with van der Waals surface area (Å²) in [4.78, 5) is 24.0. The fraction of sp³-hybridized carbons (Fsp3) is 0.400. The maximum atomic E-state index is 12.4. The average Bonchev–Trinajstić information content (AvgIpc) is 2.24. The molecule has 21 heavy (non-hydrogen) atoms. The summed E-state index contributed by atoms with van der Waals surface area (Å²) in [5, 5.41) is 0. The van der Waals surface area contributed by atoms with Gasteiger partial charge < -0.3 is 14.5 Å². The molecule has 0 spiro atoms. The third-order valence-corrected chi connectivity index (χ3v) is 2.00. The van der Waals surface area contributed by atoms with Gasteiger partial charge >= 0.3 is 18.5 Å². The molecule has 0 aliphatic carbocycles. The number of hydrogen-bond donors (Lipinski definition) is 1. The van der Waals surface area contributed by atoms with Crippen LogP contribution in [0.5, 0.6) is 5.88 Å². The van der Waals surface area contributed by atoms with Crippen LogP contribution >= 0.6 is 0 Å². The minimum atomic E-state index is -5.41. The molecular formula is C10H7F6NO4. The topological polar surface area (TPSA) is 68.4 Å². The van der Waals surface area contributed by atoms with E-state index >= 15 is 0 Å². The standard InChI is InChI=1S/C10H7F6NO4/c1-2-20-8(19)6-4(18)3-5(9(11,12)13)17-7(6)21-10(14,15)16/h3H,2H2,1H3,(H,17,18). The van der Waals surface area contributed by atoms with Crippen molar-refractivity contribution in [3.63, 3.8) is 0 Å². The van der Waals surface area contributed by atoms with Crippen molar-refractivity contribution in [3.8, 4) is 5.88 Å². The van der Waals surface area contributed by atoms with E-state index in [9.17, 15) is 35.9 Å². The normalized spacial score (nSPS) is 12.1. The number of nitrogens with one attached hydrogen (secondary N) is 1. The van der Waals surface area contributed by atoms with Gasteiger partial charge in [-0.3, -0.25) is 4.79 Å². The van der Waals surface area contributed by atoms with E-state index in [1.165, 1.54) is 11.9 Å². The van der Waals surface area contributed by atoms with Crippen LogP contribution in [0.25, 0.3) is 0 Å². The number of hydrogen-bond acceptors (Lipinski definition) is 4. The molecule has 0 aromatic carbocycles. The molecule has 0 amide bonds. The second kappa shape index (κ2) is 5.66. The summed E-state index contributed by atoms with van der Waals surface area (Å²) in [7, 11) is 0. The average molecular weight is 319 g/mol. The predicted molar refractivity (Wildman–Crippen MR) is 54.7 cm³/mol. The third kappa shape index (κ3) is 4.39. The minimum Gasteiger partial charge on any atom is -0.462 e. The van der Waals surface area contributed by atoms with Crippen LogP contribution < -0.4 is 10.2 Å². The first-order valence-electron chi connectivity index (χ1n) is 5.23. The SMILES string of the molecule is CCOC(=O)c1c(OC(F)(F)F)[nH]c(C(F)(F)F)cc1=O. The number of carbonyl (C=O) groups excluding carboxylic acids is 1. The molecule has 0 radical (unpaired) electrons. The summed E-state index contributed by atoms with van der Waals surface area (Å²) in [5.41, 5.74) is -4.71. The number of aromatic amines is 1. The molecule has 0 aliphatic rings. The minimum absolute atomic E-state index is 0.0600. The Morgan fingerprint density at radius 3 is 2.24 bits per heavy atom. The second-order valence-electron chi connectivity index (χ2n) is 3.52. The smallest absolute Gasteiger partial charge is 0.462 e. The van der Waals surface area contributed by atoms with Crippen molar-refractivity contribution in [2.75, 3.05) is 6.61 Å². The van der Waals surface area contributed by atoms with E-state index in [0.29, 0.717) is 0 Å². The first-order valence-corrected chi connectivity index (χ1v) is 5.23. The van der Waals surface area contributed by atoms with Gasteiger partial charge in [0.15, 0.2) is 5.56 Å². The Morgan fingerprint density at radius 2 is 1.81 bits per heavy atom. The maximum Gasteiger partial charge on any atom is 0.574 e. The zero-order valence-corrected chi connectivity index (χ0v) is 10.2. The summed E-state index contributed by atoms with van der Waals surface area (Å²) < 4.78 is 81.3. The van der Waals surface area contributed by atoms with Crippen LogP contribution in [-0.2, 0) is 10.9 Å². The third-order valence-electron chi connectivity index (χ3n) is 2.00. The Hall–Kier alpha value is -2.20. The van der Waals surface area contributed by atoms with Gasteiger partial charge in [0.05, 0.1) is 6.61 Å². The summed E-state index contributed by atoms with van der Waals surface area (Å²) in [6, 6.07) is -0.0600. The summed E-state index contributed by atoms with van der Waals surface area (Å²) >= 11 is 0. The van der Waals surface area contributed by atoms with Gasteiger partial charge in [-0.25, -0.2) is 4.79 Å². The molecule has 0 atom stereocenters. The molecule has 1 aromatic heterocycles. The molecule has 1 N–H and O–H groups in total. The highest BCUT2D eigenvalue weighted by Crippen LogP contribution is 2.30. The van der Waals surface area contributed by atoms with E-state index in [2.05, 4.69) is 9.47 Å². The van der Waals surface area contributed by atoms with Gasteiger partial charge in [-0.05, 0) is 6.92 Å². The number of alkyl halides is 6. The molecule has 11 heteroatoms. The van der Waals surface area contributed by atoms with Crippen LogP contribution in [0.3, 0.4) is 0 Å². The number of ether oxygens (including phenoxy) is 2. The van der Waals surface area contributed by atoms with E-state index in [0.717, 1.165) is 0 Å². The maximum absolute atomic E-state index is 12.4. The van der Waals surface area contributed by atoms with Crippen molar-refractivity contribution in [1.82, 2.24) is 4.98 Å². The highest BCUT2D eigenvalue weighted by Gasteiger charge is 2.38. The Morgan fingerprint density at radius 1 is 1.24 bits per heavy atom. The van der Waals surface area contributed by atoms with Crippen LogP contribution in [-0.4, -0.2) is 23.9 Å². The fourth-order valence-electron chi connectivity index (χ4n) is 1.28. The molecule has 1 heterocycles. The van der Waals surface area contributed by atoms with E-state index in [4.69, 9.17) is 0 Å². The van der Waals surface area contributed by atoms with Crippen molar-refractivity contribution in [1.29, 1.82) is 0 Å². The summed E-state index contributed by atoms with van der Waals surface area (Å²) in [5.74, 6) is -3.22. The molecule has 0 fully saturated rings. The largest absolute Gasteiger partial charge is 0.574 e. The van der Waals surface area contributed by atoms with Gasteiger partial charge in [0.25, 0.3) is 0 Å². The van der Waals surface area contributed by atoms with E-state index < -0.39 is 41.1 Å². The van der Waals surface area contributed by atoms with E-state index in [1.807, 2.05) is 0 Å². The van der Waals surface area contributed by atoms with Gasteiger partial charge in [-0.15, -0.1) is 13.2 Å². The molecule has 1 aromatic rings. The van der Waals surface area contributed by atoms with Crippen molar-refractivity contribution in [2.45, 2.75) is 19.5 Å². The zero-order chi connectivity index (χ0) is 16.4. The molecule has 0 saturated heterocycles. The molecule has 118 valence electrons. The predicted octanol–water partition coefficient (Wildman–Crippen LogP) is 2.47. The lowest BCUT2D eigenvalue weighted by atomic mass is 10.2. The Bertz CT molecular complexity index is 589. The van der Waals surface area contributed by atoms with Crippen LogP contribution in [0.2, 0.25) is 0 Å². The number of rotatable bonds is 3. The zero-order valence-electron chi connectivity index (χ0n) is 10.2. The van der Waals surface area contributed by atoms with Gasteiger partial charge in [0, 0.05) is 6.07 Å². The number of H-pyrrole nitrogens is 1. The Balaban J connectivity index is 3.48. The molecule has 5 nitrogen and oxygen atoms in total. The number of aromatic nitrogens is 1. The Labute approximate surface area is 112 Å². The molecule has 0 aliphatic heterocycles. The van der Waals surface area contributed by atoms with Gasteiger partial charge in [0.2, 0.25) is 11.3 Å². The van der Waals surface area contributed by atoms with Crippen molar-refractivity contribution in [2.24, 2.45) is 0 Å². The van der Waals surface area contributed by atoms with Crippen molar-refractivity contribution in [3.05, 3.63) is 27.5 Å². The van der Waals surface area contributed by atoms with E-state index in [1.54, 1.807) is 0 Å². The monoisotopic (exact) mass is 319 g/mol. The van der Waals surface area contributed by atoms with E-state index in [-0.39, 0.29) is 12.7 Å². The molecule has 0 bridgehead atoms. The lowest BCUT2D eigenvalue weighted by molar-refractivity contribution is -0.276. The first-order chi connectivity index (χ1) is 9.45. The lowest BCUT2D eigenvalue weighted by Gasteiger charge is -2.14. The highest BCUT2D eigenvalue weighted by atomic mass is 19.4. The number of halogens is 6. The van der Waals surface area contributed by atoms with Crippen LogP contribution in [0.15, 0.2) is 10.9 Å². The quantitative estimate of drug-likeness (QED) is 0.686.